The van der Waals surface area contributed by atoms with E-state index in [1.807, 2.05) is 17.0 Å². The van der Waals surface area contributed by atoms with E-state index in [9.17, 15) is 4.79 Å². The predicted molar refractivity (Wildman–Crippen MR) is 72.9 cm³/mol. The van der Waals surface area contributed by atoms with Crippen molar-refractivity contribution in [3.63, 3.8) is 0 Å². The number of nitrogens with one attached hydrogen (secondary N) is 1. The Bertz CT molecular complexity index is 569. The number of H-pyrrole nitrogens is 1. The summed E-state index contributed by atoms with van der Waals surface area (Å²) in [7, 11) is 0. The summed E-state index contributed by atoms with van der Waals surface area (Å²) in [5, 5.41) is 6.44. The topological polar surface area (TPSA) is 91.4 Å². The number of aromatic nitrogens is 2. The number of anilines is 1. The van der Waals surface area contributed by atoms with E-state index in [4.69, 9.17) is 10.2 Å². The molecule has 20 heavy (non-hydrogen) atoms. The van der Waals surface area contributed by atoms with E-state index in [1.54, 1.807) is 12.3 Å². The third-order valence-electron chi connectivity index (χ3n) is 3.45. The molecule has 1 fully saturated rings. The largest absolute Gasteiger partial charge is 0.468 e. The molecular formula is C13H17N5O2. The Hall–Kier alpha value is -2.28. The highest BCUT2D eigenvalue weighted by atomic mass is 16.3. The van der Waals surface area contributed by atoms with Crippen LogP contribution in [0.4, 0.5) is 5.82 Å². The second kappa shape index (κ2) is 5.38. The van der Waals surface area contributed by atoms with Crippen LogP contribution in [0.5, 0.6) is 0 Å². The summed E-state index contributed by atoms with van der Waals surface area (Å²) in [6.07, 6.45) is 1.68. The molecule has 1 aliphatic heterocycles. The summed E-state index contributed by atoms with van der Waals surface area (Å²) in [5.41, 5.74) is 5.96. The minimum absolute atomic E-state index is 0.0492. The molecule has 7 nitrogen and oxygen atoms in total. The first-order valence-corrected chi connectivity index (χ1v) is 6.57. The number of amides is 1. The van der Waals surface area contributed by atoms with E-state index in [-0.39, 0.29) is 5.91 Å². The van der Waals surface area contributed by atoms with E-state index >= 15 is 0 Å². The van der Waals surface area contributed by atoms with Crippen LogP contribution in [0.1, 0.15) is 16.2 Å². The molecule has 0 spiro atoms. The van der Waals surface area contributed by atoms with Gasteiger partial charge in [-0.25, -0.2) is 0 Å². The fraction of sp³-hybridized carbons (Fsp3) is 0.385. The standard InChI is InChI=1S/C13H17N5O2/c14-12-8-11(15-16-12)13(19)18-5-3-17(4-6-18)9-10-2-1-7-20-10/h1-2,7-8H,3-6,9H2,(H3,14,15,16). The van der Waals surface area contributed by atoms with Crippen LogP contribution < -0.4 is 5.73 Å². The summed E-state index contributed by atoms with van der Waals surface area (Å²) in [4.78, 5) is 16.3. The first kappa shape index (κ1) is 12.7. The summed E-state index contributed by atoms with van der Waals surface area (Å²) >= 11 is 0. The van der Waals surface area contributed by atoms with Crippen molar-refractivity contribution in [1.29, 1.82) is 0 Å². The van der Waals surface area contributed by atoms with Crippen LogP contribution in [0.2, 0.25) is 0 Å². The van der Waals surface area contributed by atoms with Crippen molar-refractivity contribution in [2.45, 2.75) is 6.54 Å². The third-order valence-corrected chi connectivity index (χ3v) is 3.45. The van der Waals surface area contributed by atoms with Crippen molar-refractivity contribution in [2.75, 3.05) is 31.9 Å². The zero-order valence-corrected chi connectivity index (χ0v) is 11.1. The summed E-state index contributed by atoms with van der Waals surface area (Å²) in [6.45, 7) is 3.83. The number of carbonyl (C=O) groups is 1. The maximum absolute atomic E-state index is 12.2. The molecule has 0 atom stereocenters. The summed E-state index contributed by atoms with van der Waals surface area (Å²) in [5.74, 6) is 1.24. The van der Waals surface area contributed by atoms with Gasteiger partial charge in [0.15, 0.2) is 0 Å². The lowest BCUT2D eigenvalue weighted by atomic mass is 10.2. The molecule has 3 heterocycles. The SMILES string of the molecule is Nc1cc(C(=O)N2CCN(Cc3ccco3)CC2)[nH]n1. The highest BCUT2D eigenvalue weighted by Crippen LogP contribution is 2.11. The number of rotatable bonds is 3. The normalized spacial score (nSPS) is 16.5. The van der Waals surface area contributed by atoms with Crippen LogP contribution in [-0.4, -0.2) is 52.1 Å². The average Bonchev–Trinajstić information content (AvgIpc) is 3.10. The average molecular weight is 275 g/mol. The third kappa shape index (κ3) is 2.67. The van der Waals surface area contributed by atoms with Gasteiger partial charge in [-0.3, -0.25) is 14.8 Å². The fourth-order valence-electron chi connectivity index (χ4n) is 2.35. The van der Waals surface area contributed by atoms with Crippen molar-refractivity contribution in [1.82, 2.24) is 20.0 Å². The molecule has 1 aliphatic rings. The number of nitrogens with two attached hydrogens (primary N) is 1. The molecule has 0 bridgehead atoms. The smallest absolute Gasteiger partial charge is 0.272 e. The molecule has 7 heteroatoms. The molecule has 2 aromatic heterocycles. The number of hydrogen-bond donors (Lipinski definition) is 2. The zero-order valence-electron chi connectivity index (χ0n) is 11.1. The number of aromatic amines is 1. The molecule has 0 unspecified atom stereocenters. The zero-order chi connectivity index (χ0) is 13.9. The van der Waals surface area contributed by atoms with Gasteiger partial charge in [-0.2, -0.15) is 5.10 Å². The van der Waals surface area contributed by atoms with Crippen LogP contribution in [0, 0.1) is 0 Å². The second-order valence-electron chi connectivity index (χ2n) is 4.85. The van der Waals surface area contributed by atoms with Crippen LogP contribution >= 0.6 is 0 Å². The molecule has 1 saturated heterocycles. The van der Waals surface area contributed by atoms with Crippen LogP contribution in [0.15, 0.2) is 28.9 Å². The number of piperazine rings is 1. The molecule has 0 aliphatic carbocycles. The van der Waals surface area contributed by atoms with E-state index in [0.717, 1.165) is 25.4 Å². The van der Waals surface area contributed by atoms with Gasteiger partial charge >= 0.3 is 0 Å². The summed E-state index contributed by atoms with van der Waals surface area (Å²) in [6, 6.07) is 5.42. The van der Waals surface area contributed by atoms with Crippen LogP contribution in [0.25, 0.3) is 0 Å². The maximum Gasteiger partial charge on any atom is 0.272 e. The van der Waals surface area contributed by atoms with Gasteiger partial charge in [0.2, 0.25) is 0 Å². The second-order valence-corrected chi connectivity index (χ2v) is 4.85. The summed E-state index contributed by atoms with van der Waals surface area (Å²) < 4.78 is 5.33. The lowest BCUT2D eigenvalue weighted by molar-refractivity contribution is 0.0614. The van der Waals surface area contributed by atoms with Crippen LogP contribution in [-0.2, 0) is 6.54 Å². The minimum atomic E-state index is -0.0492. The Morgan fingerprint density at radius 2 is 2.20 bits per heavy atom. The first-order chi connectivity index (χ1) is 9.72. The Morgan fingerprint density at radius 1 is 1.40 bits per heavy atom. The number of nitrogen functional groups attached to an aromatic ring is 1. The Labute approximate surface area is 116 Å². The first-order valence-electron chi connectivity index (χ1n) is 6.57. The highest BCUT2D eigenvalue weighted by Gasteiger charge is 2.23. The van der Waals surface area contributed by atoms with Gasteiger partial charge in [-0.1, -0.05) is 0 Å². The molecule has 1 amide bonds. The van der Waals surface area contributed by atoms with E-state index in [0.29, 0.717) is 24.6 Å². The Balaban J connectivity index is 1.54. The number of nitrogens with zero attached hydrogens (tertiary/aromatic N) is 3. The monoisotopic (exact) mass is 275 g/mol. The fourth-order valence-corrected chi connectivity index (χ4v) is 2.35. The molecular weight excluding hydrogens is 258 g/mol. The molecule has 2 aromatic rings. The molecule has 3 N–H and O–H groups in total. The Kier molecular flexibility index (Phi) is 3.42. The van der Waals surface area contributed by atoms with Gasteiger partial charge in [0.25, 0.3) is 5.91 Å². The van der Waals surface area contributed by atoms with Gasteiger partial charge in [0, 0.05) is 32.2 Å². The van der Waals surface area contributed by atoms with Crippen LogP contribution in [0.3, 0.4) is 0 Å². The van der Waals surface area contributed by atoms with Crippen molar-refractivity contribution >= 4 is 11.7 Å². The maximum atomic E-state index is 12.2. The van der Waals surface area contributed by atoms with Crippen molar-refractivity contribution in [2.24, 2.45) is 0 Å². The van der Waals surface area contributed by atoms with Crippen molar-refractivity contribution < 1.29 is 9.21 Å². The molecule has 0 radical (unpaired) electrons. The van der Waals surface area contributed by atoms with Gasteiger partial charge in [-0.15, -0.1) is 0 Å². The molecule has 0 aromatic carbocycles. The molecule has 0 saturated carbocycles. The Morgan fingerprint density at radius 3 is 2.80 bits per heavy atom. The number of hydrogen-bond acceptors (Lipinski definition) is 5. The highest BCUT2D eigenvalue weighted by molar-refractivity contribution is 5.93. The lowest BCUT2D eigenvalue weighted by Crippen LogP contribution is -2.48. The van der Waals surface area contributed by atoms with E-state index < -0.39 is 0 Å². The van der Waals surface area contributed by atoms with E-state index in [2.05, 4.69) is 15.1 Å². The van der Waals surface area contributed by atoms with E-state index in [1.165, 1.54) is 0 Å². The quantitative estimate of drug-likeness (QED) is 0.853. The number of furan rings is 1. The van der Waals surface area contributed by atoms with Gasteiger partial charge < -0.3 is 15.1 Å². The predicted octanol–water partition coefficient (Wildman–Crippen LogP) is 0.543. The minimum Gasteiger partial charge on any atom is -0.468 e. The molecule has 106 valence electrons. The van der Waals surface area contributed by atoms with Gasteiger partial charge in [0.1, 0.15) is 17.3 Å². The number of carbonyl (C=O) groups excluding carboxylic acids is 1. The van der Waals surface area contributed by atoms with Crippen molar-refractivity contribution in [3.8, 4) is 0 Å². The van der Waals surface area contributed by atoms with Gasteiger partial charge in [0.05, 0.1) is 12.8 Å². The molecule has 3 rings (SSSR count). The van der Waals surface area contributed by atoms with Gasteiger partial charge in [-0.05, 0) is 12.1 Å². The lowest BCUT2D eigenvalue weighted by Gasteiger charge is -2.33. The van der Waals surface area contributed by atoms with Crippen molar-refractivity contribution in [3.05, 3.63) is 35.9 Å².